The molecule has 1 aliphatic heterocycles. The van der Waals surface area contributed by atoms with Gasteiger partial charge in [-0.1, -0.05) is 6.07 Å². The minimum atomic E-state index is -0.00868. The quantitative estimate of drug-likeness (QED) is 0.807. The average Bonchev–Trinajstić information content (AvgIpc) is 3.00. The fourth-order valence-corrected chi connectivity index (χ4v) is 3.68. The Bertz CT molecular complexity index is 808. The van der Waals surface area contributed by atoms with Gasteiger partial charge in [-0.2, -0.15) is 5.26 Å². The molecule has 2 unspecified atom stereocenters. The van der Waals surface area contributed by atoms with Gasteiger partial charge in [0, 0.05) is 50.7 Å². The molecule has 2 atom stereocenters. The number of nitrogens with one attached hydrogen (secondary N) is 1. The lowest BCUT2D eigenvalue weighted by molar-refractivity contribution is -0.127. The van der Waals surface area contributed by atoms with Gasteiger partial charge in [0.05, 0.1) is 23.6 Å². The Morgan fingerprint density at radius 3 is 3.04 bits per heavy atom. The highest BCUT2D eigenvalue weighted by Gasteiger charge is 2.30. The van der Waals surface area contributed by atoms with Crippen molar-refractivity contribution in [3.8, 4) is 6.07 Å². The third-order valence-corrected chi connectivity index (χ3v) is 5.23. The van der Waals surface area contributed by atoms with Gasteiger partial charge in [-0.05, 0) is 31.9 Å². The zero-order valence-electron chi connectivity index (χ0n) is 15.4. The zero-order valence-corrected chi connectivity index (χ0v) is 15.4. The smallest absolute Gasteiger partial charge is 0.224 e. The highest BCUT2D eigenvalue weighted by molar-refractivity contribution is 5.79. The molecule has 1 aliphatic rings. The average molecular weight is 354 g/mol. The number of nitrogens with zero attached hydrogens (tertiary/aromatic N) is 3. The molecule has 0 aliphatic carbocycles. The van der Waals surface area contributed by atoms with Gasteiger partial charge in [-0.25, -0.2) is 0 Å². The largest absolute Gasteiger partial charge is 0.383 e. The Balaban J connectivity index is 1.72. The summed E-state index contributed by atoms with van der Waals surface area (Å²) in [6, 6.07) is 8.62. The maximum Gasteiger partial charge on any atom is 0.224 e. The first-order valence-electron chi connectivity index (χ1n) is 9.13. The van der Waals surface area contributed by atoms with Gasteiger partial charge in [0.25, 0.3) is 0 Å². The van der Waals surface area contributed by atoms with Gasteiger partial charge in [0.1, 0.15) is 6.07 Å². The highest BCUT2D eigenvalue weighted by atomic mass is 16.5. The summed E-state index contributed by atoms with van der Waals surface area (Å²) in [7, 11) is 1.63. The summed E-state index contributed by atoms with van der Waals surface area (Å²) < 4.78 is 6.99. The molecule has 0 saturated carbocycles. The third kappa shape index (κ3) is 3.90. The molecule has 6 heteroatoms. The van der Waals surface area contributed by atoms with Crippen molar-refractivity contribution in [1.82, 2.24) is 14.6 Å². The maximum atomic E-state index is 12.4. The number of methoxy groups -OCH3 is 1. The van der Waals surface area contributed by atoms with E-state index < -0.39 is 0 Å². The van der Waals surface area contributed by atoms with E-state index in [0.717, 1.165) is 36.0 Å². The van der Waals surface area contributed by atoms with Crippen molar-refractivity contribution in [3.05, 3.63) is 41.7 Å². The molecule has 138 valence electrons. The second-order valence-corrected chi connectivity index (χ2v) is 6.97. The molecule has 0 bridgehead atoms. The van der Waals surface area contributed by atoms with Crippen molar-refractivity contribution in [1.29, 1.82) is 5.26 Å². The predicted molar refractivity (Wildman–Crippen MR) is 99.6 cm³/mol. The van der Waals surface area contributed by atoms with E-state index in [-0.39, 0.29) is 11.8 Å². The summed E-state index contributed by atoms with van der Waals surface area (Å²) in [5.74, 6) is 0.0899. The number of carbonyl (C=O) groups excluding carboxylic acids is 1. The van der Waals surface area contributed by atoms with E-state index in [1.807, 2.05) is 35.0 Å². The lowest BCUT2D eigenvalue weighted by Gasteiger charge is -2.37. The van der Waals surface area contributed by atoms with E-state index in [0.29, 0.717) is 25.7 Å². The minimum absolute atomic E-state index is 0.00868. The fraction of sp³-hybridized carbons (Fsp3) is 0.500. The van der Waals surface area contributed by atoms with Crippen molar-refractivity contribution >= 4 is 11.4 Å². The van der Waals surface area contributed by atoms with E-state index in [2.05, 4.69) is 23.2 Å². The van der Waals surface area contributed by atoms with E-state index in [4.69, 9.17) is 4.74 Å². The number of amides is 1. The third-order valence-electron chi connectivity index (χ3n) is 5.23. The first kappa shape index (κ1) is 18.4. The molecule has 0 spiro atoms. The molecule has 2 aromatic heterocycles. The summed E-state index contributed by atoms with van der Waals surface area (Å²) in [5, 5.41) is 12.6. The molecule has 1 saturated heterocycles. The number of hydrogen-bond acceptors (Lipinski definition) is 4. The van der Waals surface area contributed by atoms with Crippen LogP contribution in [-0.2, 0) is 16.1 Å². The molecule has 3 heterocycles. The van der Waals surface area contributed by atoms with Gasteiger partial charge in [0.2, 0.25) is 5.91 Å². The van der Waals surface area contributed by atoms with Crippen LogP contribution >= 0.6 is 0 Å². The second kappa shape index (κ2) is 8.35. The summed E-state index contributed by atoms with van der Waals surface area (Å²) in [4.78, 5) is 14.7. The number of fused-ring (bicyclic) bond motifs is 1. The lowest BCUT2D eigenvalue weighted by atomic mass is 9.92. The zero-order chi connectivity index (χ0) is 18.5. The molecule has 26 heavy (non-hydrogen) atoms. The van der Waals surface area contributed by atoms with Crippen LogP contribution in [0.5, 0.6) is 0 Å². The molecular weight excluding hydrogens is 328 g/mol. The molecule has 0 radical (unpaired) electrons. The summed E-state index contributed by atoms with van der Waals surface area (Å²) in [6.07, 6.45) is 5.88. The van der Waals surface area contributed by atoms with Crippen LogP contribution in [0.1, 0.15) is 30.9 Å². The van der Waals surface area contributed by atoms with Crippen molar-refractivity contribution in [2.24, 2.45) is 5.92 Å². The van der Waals surface area contributed by atoms with Crippen LogP contribution in [0.25, 0.3) is 5.52 Å². The van der Waals surface area contributed by atoms with Crippen LogP contribution < -0.4 is 5.32 Å². The van der Waals surface area contributed by atoms with Crippen molar-refractivity contribution in [2.75, 3.05) is 26.8 Å². The van der Waals surface area contributed by atoms with Crippen LogP contribution in [0.2, 0.25) is 0 Å². The topological polar surface area (TPSA) is 69.8 Å². The number of rotatable bonds is 6. The Labute approximate surface area is 154 Å². The number of likely N-dealkylation sites (tertiary alicyclic amines) is 1. The molecular formula is C20H26N4O2. The van der Waals surface area contributed by atoms with Gasteiger partial charge in [-0.15, -0.1) is 0 Å². The van der Waals surface area contributed by atoms with Crippen LogP contribution in [0.4, 0.5) is 0 Å². The number of pyridine rings is 1. The normalized spacial score (nSPS) is 20.8. The first-order valence-corrected chi connectivity index (χ1v) is 9.13. The summed E-state index contributed by atoms with van der Waals surface area (Å²) in [5.41, 5.74) is 2.68. The van der Waals surface area contributed by atoms with Crippen LogP contribution in [0, 0.1) is 17.2 Å². The number of hydrogen-bond donors (Lipinski definition) is 1. The van der Waals surface area contributed by atoms with Crippen molar-refractivity contribution < 1.29 is 9.53 Å². The number of ether oxygens (including phenoxy) is 1. The van der Waals surface area contributed by atoms with Gasteiger partial charge >= 0.3 is 0 Å². The summed E-state index contributed by atoms with van der Waals surface area (Å²) in [6.45, 7) is 4.68. The molecule has 1 fully saturated rings. The maximum absolute atomic E-state index is 12.4. The van der Waals surface area contributed by atoms with Gasteiger partial charge in [-0.3, -0.25) is 9.69 Å². The second-order valence-electron chi connectivity index (χ2n) is 6.97. The standard InChI is InChI=1S/C20H26N4O2/c1-15-6-7-16(20(25)22-8-10-26-2)12-24(15)14-17-13-23-9-4-3-5-19(23)18(17)11-21/h3-5,9,13,15-16H,6-8,10,12,14H2,1-2H3,(H,22,25). The Hall–Kier alpha value is -2.36. The molecule has 2 aromatic rings. The van der Waals surface area contributed by atoms with E-state index in [1.165, 1.54) is 0 Å². The SMILES string of the molecule is COCCNC(=O)C1CCC(C)N(Cc2cn3ccccc3c2C#N)C1. The molecule has 6 nitrogen and oxygen atoms in total. The highest BCUT2D eigenvalue weighted by Crippen LogP contribution is 2.26. The Kier molecular flexibility index (Phi) is 5.92. The van der Waals surface area contributed by atoms with Gasteiger partial charge in [0.15, 0.2) is 0 Å². The van der Waals surface area contributed by atoms with Crippen molar-refractivity contribution in [2.45, 2.75) is 32.4 Å². The Morgan fingerprint density at radius 1 is 1.42 bits per heavy atom. The van der Waals surface area contributed by atoms with Crippen molar-refractivity contribution in [3.63, 3.8) is 0 Å². The van der Waals surface area contributed by atoms with Gasteiger partial charge < -0.3 is 14.5 Å². The monoisotopic (exact) mass is 354 g/mol. The van der Waals surface area contributed by atoms with E-state index >= 15 is 0 Å². The van der Waals surface area contributed by atoms with Crippen LogP contribution in [0.3, 0.4) is 0 Å². The summed E-state index contributed by atoms with van der Waals surface area (Å²) >= 11 is 0. The number of piperidine rings is 1. The minimum Gasteiger partial charge on any atom is -0.383 e. The predicted octanol–water partition coefficient (Wildman–Crippen LogP) is 2.17. The van der Waals surface area contributed by atoms with Crippen LogP contribution in [-0.4, -0.2) is 48.1 Å². The first-order chi connectivity index (χ1) is 12.6. The fourth-order valence-electron chi connectivity index (χ4n) is 3.68. The number of carbonyl (C=O) groups is 1. The Morgan fingerprint density at radius 2 is 2.27 bits per heavy atom. The number of aromatic nitrogens is 1. The van der Waals surface area contributed by atoms with E-state index in [9.17, 15) is 10.1 Å². The molecule has 0 aromatic carbocycles. The van der Waals surface area contributed by atoms with Crippen LogP contribution in [0.15, 0.2) is 30.6 Å². The molecule has 3 rings (SSSR count). The molecule has 1 amide bonds. The van der Waals surface area contributed by atoms with E-state index in [1.54, 1.807) is 7.11 Å². The number of nitriles is 1. The lowest BCUT2D eigenvalue weighted by Crippen LogP contribution is -2.46. The molecule has 1 N–H and O–H groups in total.